The number of nitrogens with zero attached hydrogens (tertiary/aromatic N) is 2. The molecule has 1 heterocycles. The van der Waals surface area contributed by atoms with Gasteiger partial charge in [0.2, 0.25) is 0 Å². The van der Waals surface area contributed by atoms with Crippen molar-refractivity contribution in [1.29, 1.82) is 5.41 Å². The van der Waals surface area contributed by atoms with Crippen LogP contribution in [0.1, 0.15) is 26.3 Å². The van der Waals surface area contributed by atoms with Crippen LogP contribution < -0.4 is 10.6 Å². The molecule has 1 saturated heterocycles. The molecule has 1 aromatic rings. The van der Waals surface area contributed by atoms with Crippen LogP contribution in [0.4, 0.5) is 5.69 Å². The van der Waals surface area contributed by atoms with Gasteiger partial charge in [0.1, 0.15) is 5.84 Å². The van der Waals surface area contributed by atoms with Crippen molar-refractivity contribution in [1.82, 2.24) is 4.90 Å². The minimum Gasteiger partial charge on any atom is -0.384 e. The largest absolute Gasteiger partial charge is 0.384 e. The van der Waals surface area contributed by atoms with E-state index in [1.54, 1.807) is 0 Å². The Kier molecular flexibility index (Phi) is 4.25. The first kappa shape index (κ1) is 15.1. The van der Waals surface area contributed by atoms with Crippen LogP contribution in [0.3, 0.4) is 0 Å². The van der Waals surface area contributed by atoms with Crippen molar-refractivity contribution < 1.29 is 0 Å². The summed E-state index contributed by atoms with van der Waals surface area (Å²) in [6.07, 6.45) is 0. The van der Waals surface area contributed by atoms with E-state index >= 15 is 0 Å². The number of anilines is 1. The van der Waals surface area contributed by atoms with Gasteiger partial charge >= 0.3 is 0 Å². The van der Waals surface area contributed by atoms with Crippen LogP contribution in [-0.4, -0.2) is 42.5 Å². The minimum absolute atomic E-state index is 0.0131. The average Bonchev–Trinajstić information content (AvgIpc) is 2.37. The molecule has 0 bridgehead atoms. The Morgan fingerprint density at radius 2 is 1.80 bits per heavy atom. The number of piperazine rings is 1. The monoisotopic (exact) mass is 294 g/mol. The summed E-state index contributed by atoms with van der Waals surface area (Å²) in [4.78, 5) is 4.83. The fraction of sp³-hybridized carbons (Fsp3) is 0.533. The predicted octanol–water partition coefficient (Wildman–Crippen LogP) is 2.54. The van der Waals surface area contributed by atoms with Gasteiger partial charge in [-0.2, -0.15) is 0 Å². The lowest BCUT2D eigenvalue weighted by Crippen LogP contribution is -2.53. The molecule has 20 heavy (non-hydrogen) atoms. The van der Waals surface area contributed by atoms with Gasteiger partial charge in [-0.15, -0.1) is 0 Å². The van der Waals surface area contributed by atoms with E-state index in [0.717, 1.165) is 31.9 Å². The summed E-state index contributed by atoms with van der Waals surface area (Å²) in [6, 6.07) is 5.73. The van der Waals surface area contributed by atoms with E-state index in [-0.39, 0.29) is 11.4 Å². The molecule has 0 aromatic heterocycles. The fourth-order valence-corrected chi connectivity index (χ4v) is 2.83. The molecule has 1 aliphatic rings. The Hall–Kier alpha value is -1.26. The fourth-order valence-electron chi connectivity index (χ4n) is 2.55. The lowest BCUT2D eigenvalue weighted by Gasteiger charge is -2.43. The molecule has 0 atom stereocenters. The van der Waals surface area contributed by atoms with Crippen molar-refractivity contribution in [3.63, 3.8) is 0 Å². The number of nitrogen functional groups attached to an aromatic ring is 1. The van der Waals surface area contributed by atoms with E-state index in [2.05, 4.69) is 30.6 Å². The van der Waals surface area contributed by atoms with Gasteiger partial charge in [0, 0.05) is 43.0 Å². The zero-order chi connectivity index (χ0) is 14.9. The molecule has 0 unspecified atom stereocenters. The van der Waals surface area contributed by atoms with Crippen molar-refractivity contribution >= 4 is 23.1 Å². The van der Waals surface area contributed by atoms with Gasteiger partial charge in [0.05, 0.1) is 5.02 Å². The van der Waals surface area contributed by atoms with E-state index in [0.29, 0.717) is 10.6 Å². The molecule has 0 aliphatic carbocycles. The Balaban J connectivity index is 2.08. The third-order valence-corrected chi connectivity index (χ3v) is 4.15. The number of nitrogens with one attached hydrogen (secondary N) is 1. The second kappa shape index (κ2) is 5.62. The van der Waals surface area contributed by atoms with Crippen LogP contribution in [0.5, 0.6) is 0 Å². The average molecular weight is 295 g/mol. The Bertz CT molecular complexity index is 499. The number of nitrogens with two attached hydrogens (primary N) is 1. The molecule has 4 nitrogen and oxygen atoms in total. The third-order valence-electron chi connectivity index (χ3n) is 3.84. The lowest BCUT2D eigenvalue weighted by molar-refractivity contribution is 0.128. The van der Waals surface area contributed by atoms with E-state index in [4.69, 9.17) is 22.7 Å². The van der Waals surface area contributed by atoms with Crippen LogP contribution in [0.15, 0.2) is 18.2 Å². The summed E-state index contributed by atoms with van der Waals surface area (Å²) in [5.74, 6) is 0.0131. The quantitative estimate of drug-likeness (QED) is 0.651. The molecular weight excluding hydrogens is 272 g/mol. The second-order valence-corrected chi connectivity index (χ2v) is 6.63. The minimum atomic E-state index is 0.0131. The van der Waals surface area contributed by atoms with E-state index in [1.807, 2.05) is 18.2 Å². The van der Waals surface area contributed by atoms with Gasteiger partial charge in [-0.3, -0.25) is 10.3 Å². The van der Waals surface area contributed by atoms with Crippen LogP contribution in [0, 0.1) is 5.41 Å². The van der Waals surface area contributed by atoms with Gasteiger partial charge in [-0.05, 0) is 39.0 Å². The molecule has 1 aromatic carbocycles. The van der Waals surface area contributed by atoms with Gasteiger partial charge in [0.15, 0.2) is 0 Å². The van der Waals surface area contributed by atoms with E-state index in [1.165, 1.54) is 0 Å². The van der Waals surface area contributed by atoms with Crippen LogP contribution in [-0.2, 0) is 0 Å². The van der Waals surface area contributed by atoms with Crippen molar-refractivity contribution in [2.45, 2.75) is 26.3 Å². The molecule has 2 rings (SSSR count). The van der Waals surface area contributed by atoms with Crippen LogP contribution >= 0.6 is 11.6 Å². The third kappa shape index (κ3) is 3.25. The number of benzene rings is 1. The van der Waals surface area contributed by atoms with Crippen molar-refractivity contribution in [3.8, 4) is 0 Å². The molecule has 0 saturated carbocycles. The highest BCUT2D eigenvalue weighted by Gasteiger charge is 2.26. The molecule has 1 aliphatic heterocycles. The highest BCUT2D eigenvalue weighted by molar-refractivity contribution is 6.34. The SMILES string of the molecule is CC(C)(C)N1CCN(c2ccc(C(=N)N)c(Cl)c2)CC1. The zero-order valence-electron chi connectivity index (χ0n) is 12.4. The van der Waals surface area contributed by atoms with E-state index in [9.17, 15) is 0 Å². The molecule has 0 amide bonds. The first-order chi connectivity index (χ1) is 9.29. The highest BCUT2D eigenvalue weighted by Crippen LogP contribution is 2.25. The molecule has 110 valence electrons. The van der Waals surface area contributed by atoms with Gasteiger partial charge < -0.3 is 10.6 Å². The first-order valence-electron chi connectivity index (χ1n) is 6.93. The molecule has 0 spiro atoms. The lowest BCUT2D eigenvalue weighted by atomic mass is 10.0. The topological polar surface area (TPSA) is 56.4 Å². The van der Waals surface area contributed by atoms with Crippen molar-refractivity contribution in [2.75, 3.05) is 31.1 Å². The normalized spacial score (nSPS) is 17.3. The van der Waals surface area contributed by atoms with Gasteiger partial charge in [-0.25, -0.2) is 0 Å². The van der Waals surface area contributed by atoms with Gasteiger partial charge in [0.25, 0.3) is 0 Å². The number of amidine groups is 1. The number of hydrogen-bond donors (Lipinski definition) is 2. The summed E-state index contributed by atoms with van der Waals surface area (Å²) in [6.45, 7) is 10.8. The Morgan fingerprint density at radius 3 is 2.25 bits per heavy atom. The first-order valence-corrected chi connectivity index (χ1v) is 7.31. The highest BCUT2D eigenvalue weighted by atomic mass is 35.5. The Morgan fingerprint density at radius 1 is 1.20 bits per heavy atom. The Labute approximate surface area is 126 Å². The molecule has 1 fully saturated rings. The standard InChI is InChI=1S/C15H23ClN4/c1-15(2,3)20-8-6-19(7-9-20)11-4-5-12(14(17)18)13(16)10-11/h4-5,10H,6-9H2,1-3H3,(H3,17,18). The summed E-state index contributed by atoms with van der Waals surface area (Å²) in [7, 11) is 0. The maximum absolute atomic E-state index is 7.46. The summed E-state index contributed by atoms with van der Waals surface area (Å²) in [5, 5.41) is 8.01. The smallest absolute Gasteiger partial charge is 0.124 e. The summed E-state index contributed by atoms with van der Waals surface area (Å²) in [5.41, 5.74) is 7.42. The van der Waals surface area contributed by atoms with Gasteiger partial charge in [-0.1, -0.05) is 11.6 Å². The zero-order valence-corrected chi connectivity index (χ0v) is 13.2. The summed E-state index contributed by atoms with van der Waals surface area (Å²) >= 11 is 6.19. The predicted molar refractivity (Wildman–Crippen MR) is 86.0 cm³/mol. The van der Waals surface area contributed by atoms with Crippen molar-refractivity contribution in [2.24, 2.45) is 5.73 Å². The van der Waals surface area contributed by atoms with Crippen molar-refractivity contribution in [3.05, 3.63) is 28.8 Å². The maximum atomic E-state index is 7.46. The molecule has 5 heteroatoms. The van der Waals surface area contributed by atoms with Crippen LogP contribution in [0.2, 0.25) is 5.02 Å². The molecule has 3 N–H and O–H groups in total. The van der Waals surface area contributed by atoms with E-state index < -0.39 is 0 Å². The number of rotatable bonds is 2. The number of halogens is 1. The van der Waals surface area contributed by atoms with Crippen LogP contribution in [0.25, 0.3) is 0 Å². The maximum Gasteiger partial charge on any atom is 0.124 e. The number of hydrogen-bond acceptors (Lipinski definition) is 3. The second-order valence-electron chi connectivity index (χ2n) is 6.22. The molecular formula is C15H23ClN4. The molecule has 0 radical (unpaired) electrons. The summed E-state index contributed by atoms with van der Waals surface area (Å²) < 4.78 is 0.